The number of esters is 4. The molecule has 0 N–H and O–H groups in total. The molecule has 0 fully saturated rings. The maximum absolute atomic E-state index is 11.9. The zero-order valence-electron chi connectivity index (χ0n) is 22.0. The van der Waals surface area contributed by atoms with Gasteiger partial charge in [0.1, 0.15) is 23.0 Å². The summed E-state index contributed by atoms with van der Waals surface area (Å²) in [6.45, 7) is 7.77. The smallest absolute Gasteiger partial charge is 0.347 e. The van der Waals surface area contributed by atoms with E-state index in [9.17, 15) is 19.2 Å². The summed E-state index contributed by atoms with van der Waals surface area (Å²) in [4.78, 5) is 47.3. The Morgan fingerprint density at radius 1 is 0.450 bits per heavy atom. The summed E-state index contributed by atoms with van der Waals surface area (Å²) < 4.78 is 21.6. The molecule has 4 aromatic carbocycles. The molecular formula is C32H22O8. The highest BCUT2D eigenvalue weighted by molar-refractivity contribution is 6.15. The van der Waals surface area contributed by atoms with Gasteiger partial charge in [0.2, 0.25) is 0 Å². The van der Waals surface area contributed by atoms with E-state index in [0.29, 0.717) is 23.0 Å². The van der Waals surface area contributed by atoms with Crippen LogP contribution in [0.2, 0.25) is 0 Å². The van der Waals surface area contributed by atoms with Gasteiger partial charge in [0.25, 0.3) is 0 Å². The van der Waals surface area contributed by atoms with Crippen LogP contribution in [0.15, 0.2) is 60.7 Å². The van der Waals surface area contributed by atoms with Gasteiger partial charge in [0.05, 0.1) is 22.3 Å². The van der Waals surface area contributed by atoms with E-state index in [1.807, 2.05) is 52.0 Å². The maximum Gasteiger partial charge on any atom is 0.347 e. The molecule has 8 heteroatoms. The third-order valence-corrected chi connectivity index (χ3v) is 6.93. The van der Waals surface area contributed by atoms with Gasteiger partial charge < -0.3 is 18.9 Å². The van der Waals surface area contributed by atoms with Crippen LogP contribution in [0, 0.1) is 27.7 Å². The number of fused-ring (bicyclic) bond motifs is 2. The molecule has 0 radical (unpaired) electrons. The van der Waals surface area contributed by atoms with E-state index in [2.05, 4.69) is 9.47 Å². The van der Waals surface area contributed by atoms with Gasteiger partial charge in [-0.15, -0.1) is 0 Å². The number of cyclic esters (lactones) is 4. The quantitative estimate of drug-likeness (QED) is 0.204. The summed E-state index contributed by atoms with van der Waals surface area (Å²) in [5, 5.41) is 0. The first-order chi connectivity index (χ1) is 19.1. The molecule has 0 amide bonds. The number of carbonyl (C=O) groups is 4. The standard InChI is InChI=1S/C32H22O8/c1-15-9-19(10-16(2)27(15)37-21-5-7-23-25(13-21)31(35)39-29(23)33)20-11-17(3)28(18(4)12-20)38-22-6-8-24-26(14-22)32(36)40-30(24)34/h5-14H,1-4H3. The zero-order valence-corrected chi connectivity index (χ0v) is 22.0. The van der Waals surface area contributed by atoms with Crippen LogP contribution in [0.4, 0.5) is 0 Å². The Kier molecular flexibility index (Phi) is 5.76. The monoisotopic (exact) mass is 534 g/mol. The SMILES string of the molecule is Cc1cc(-c2cc(C)c(Oc3ccc4c(c3)C(=O)OC4=O)c(C)c2)cc(C)c1Oc1ccc2c(c1)C(=O)OC2=O. The average Bonchev–Trinajstić information content (AvgIpc) is 3.36. The van der Waals surface area contributed by atoms with Crippen LogP contribution in [-0.4, -0.2) is 23.9 Å². The molecule has 2 aliphatic rings. The second-order valence-electron chi connectivity index (χ2n) is 9.85. The molecule has 0 unspecified atom stereocenters. The van der Waals surface area contributed by atoms with Crippen molar-refractivity contribution in [2.24, 2.45) is 0 Å². The number of carbonyl (C=O) groups excluding carboxylic acids is 4. The topological polar surface area (TPSA) is 105 Å². The predicted octanol–water partition coefficient (Wildman–Crippen LogP) is 6.79. The lowest BCUT2D eigenvalue weighted by Gasteiger charge is -2.17. The van der Waals surface area contributed by atoms with Crippen molar-refractivity contribution in [2.45, 2.75) is 27.7 Å². The van der Waals surface area contributed by atoms with Crippen LogP contribution in [0.3, 0.4) is 0 Å². The Labute approximate surface area is 229 Å². The third-order valence-electron chi connectivity index (χ3n) is 6.93. The lowest BCUT2D eigenvalue weighted by atomic mass is 9.96. The van der Waals surface area contributed by atoms with Crippen molar-refractivity contribution in [2.75, 3.05) is 0 Å². The minimum absolute atomic E-state index is 0.191. The Bertz CT molecular complexity index is 1640. The molecule has 40 heavy (non-hydrogen) atoms. The summed E-state index contributed by atoms with van der Waals surface area (Å²) in [5.41, 5.74) is 6.39. The molecule has 2 heterocycles. The number of aryl methyl sites for hydroxylation is 4. The van der Waals surface area contributed by atoms with Crippen molar-refractivity contribution >= 4 is 23.9 Å². The number of hydrogen-bond donors (Lipinski definition) is 0. The average molecular weight is 535 g/mol. The van der Waals surface area contributed by atoms with Gasteiger partial charge in [0.15, 0.2) is 0 Å². The van der Waals surface area contributed by atoms with Gasteiger partial charge in [-0.2, -0.15) is 0 Å². The van der Waals surface area contributed by atoms with Gasteiger partial charge in [-0.25, -0.2) is 19.2 Å². The first-order valence-electron chi connectivity index (χ1n) is 12.5. The number of benzene rings is 4. The molecule has 0 atom stereocenters. The molecule has 6 rings (SSSR count). The summed E-state index contributed by atoms with van der Waals surface area (Å²) in [7, 11) is 0. The van der Waals surface area contributed by atoms with Gasteiger partial charge in [-0.05, 0) is 122 Å². The second-order valence-corrected chi connectivity index (χ2v) is 9.85. The molecular weight excluding hydrogens is 512 g/mol. The molecule has 0 saturated heterocycles. The fourth-order valence-electron chi connectivity index (χ4n) is 5.05. The van der Waals surface area contributed by atoms with Crippen molar-refractivity contribution in [1.29, 1.82) is 0 Å². The molecule has 198 valence electrons. The minimum Gasteiger partial charge on any atom is -0.457 e. The number of rotatable bonds is 5. The zero-order chi connectivity index (χ0) is 28.3. The molecule has 8 nitrogen and oxygen atoms in total. The Morgan fingerprint density at radius 2 is 0.775 bits per heavy atom. The van der Waals surface area contributed by atoms with Gasteiger partial charge in [-0.3, -0.25) is 0 Å². The Hall–Kier alpha value is -5.24. The Morgan fingerprint density at radius 3 is 1.12 bits per heavy atom. The van der Waals surface area contributed by atoms with Crippen LogP contribution in [0.1, 0.15) is 63.7 Å². The lowest BCUT2D eigenvalue weighted by molar-refractivity contribution is 0.0425. The van der Waals surface area contributed by atoms with Crippen molar-refractivity contribution in [3.8, 4) is 34.1 Å². The highest BCUT2D eigenvalue weighted by Crippen LogP contribution is 2.38. The largest absolute Gasteiger partial charge is 0.457 e. The number of hydrogen-bond acceptors (Lipinski definition) is 8. The first kappa shape index (κ1) is 25.1. The van der Waals surface area contributed by atoms with E-state index in [-0.39, 0.29) is 22.3 Å². The van der Waals surface area contributed by atoms with E-state index in [4.69, 9.17) is 9.47 Å². The lowest BCUT2D eigenvalue weighted by Crippen LogP contribution is -1.97. The van der Waals surface area contributed by atoms with E-state index in [0.717, 1.165) is 33.4 Å². The van der Waals surface area contributed by atoms with Crippen LogP contribution in [0.5, 0.6) is 23.0 Å². The molecule has 0 saturated carbocycles. The summed E-state index contributed by atoms with van der Waals surface area (Å²) in [6.07, 6.45) is 0. The normalized spacial score (nSPS) is 13.6. The van der Waals surface area contributed by atoms with Gasteiger partial charge >= 0.3 is 23.9 Å². The van der Waals surface area contributed by atoms with E-state index < -0.39 is 23.9 Å². The molecule has 0 aliphatic carbocycles. The second kappa shape index (κ2) is 9.20. The van der Waals surface area contributed by atoms with Crippen molar-refractivity contribution in [3.05, 3.63) is 105 Å². The summed E-state index contributed by atoms with van der Waals surface area (Å²) in [5.74, 6) is -0.491. The van der Waals surface area contributed by atoms with Crippen molar-refractivity contribution < 1.29 is 38.1 Å². The highest BCUT2D eigenvalue weighted by Gasteiger charge is 2.31. The Balaban J connectivity index is 1.27. The summed E-state index contributed by atoms with van der Waals surface area (Å²) in [6, 6.07) is 17.4. The number of ether oxygens (including phenoxy) is 4. The molecule has 4 aromatic rings. The predicted molar refractivity (Wildman–Crippen MR) is 143 cm³/mol. The van der Waals surface area contributed by atoms with Crippen LogP contribution in [-0.2, 0) is 9.47 Å². The maximum atomic E-state index is 11.9. The van der Waals surface area contributed by atoms with E-state index in [1.54, 1.807) is 12.1 Å². The highest BCUT2D eigenvalue weighted by atomic mass is 16.6. The van der Waals surface area contributed by atoms with Crippen LogP contribution < -0.4 is 9.47 Å². The van der Waals surface area contributed by atoms with Crippen LogP contribution in [0.25, 0.3) is 11.1 Å². The van der Waals surface area contributed by atoms with Crippen molar-refractivity contribution in [1.82, 2.24) is 0 Å². The third kappa shape index (κ3) is 4.19. The fourth-order valence-corrected chi connectivity index (χ4v) is 5.05. The van der Waals surface area contributed by atoms with E-state index in [1.165, 1.54) is 24.3 Å². The molecule has 2 aliphatic heterocycles. The minimum atomic E-state index is -0.679. The summed E-state index contributed by atoms with van der Waals surface area (Å²) >= 11 is 0. The first-order valence-corrected chi connectivity index (χ1v) is 12.5. The molecule has 0 bridgehead atoms. The molecule has 0 aromatic heterocycles. The van der Waals surface area contributed by atoms with Crippen LogP contribution >= 0.6 is 0 Å². The van der Waals surface area contributed by atoms with E-state index >= 15 is 0 Å². The van der Waals surface area contributed by atoms with Gasteiger partial charge in [0, 0.05) is 0 Å². The van der Waals surface area contributed by atoms with Gasteiger partial charge in [-0.1, -0.05) is 0 Å². The fraction of sp³-hybridized carbons (Fsp3) is 0.125. The van der Waals surface area contributed by atoms with Crippen molar-refractivity contribution in [3.63, 3.8) is 0 Å². The molecule has 0 spiro atoms.